The Balaban J connectivity index is 1.33. The molecule has 2 aromatic carbocycles. The molecule has 1 fully saturated rings. The molecule has 6 nitrogen and oxygen atoms in total. The normalized spacial score (nSPS) is 16.1. The zero-order valence-corrected chi connectivity index (χ0v) is 17.1. The van der Waals surface area contributed by atoms with Gasteiger partial charge in [-0.1, -0.05) is 41.9 Å². The highest BCUT2D eigenvalue weighted by molar-refractivity contribution is 6.31. The summed E-state index contributed by atoms with van der Waals surface area (Å²) < 4.78 is 7.68. The fourth-order valence-corrected chi connectivity index (χ4v) is 4.26. The van der Waals surface area contributed by atoms with Crippen molar-refractivity contribution >= 4 is 28.6 Å². The molecule has 0 radical (unpaired) electrons. The van der Waals surface area contributed by atoms with Crippen LogP contribution in [0.25, 0.3) is 11.1 Å². The molecule has 152 valence electrons. The lowest BCUT2D eigenvalue weighted by molar-refractivity contribution is -0.135. The van der Waals surface area contributed by atoms with Gasteiger partial charge in [0.05, 0.1) is 0 Å². The van der Waals surface area contributed by atoms with E-state index in [4.69, 9.17) is 16.0 Å². The molecule has 4 aromatic rings. The highest BCUT2D eigenvalue weighted by Crippen LogP contribution is 2.32. The number of halogens is 1. The molecule has 1 aliphatic heterocycles. The Morgan fingerprint density at radius 2 is 1.90 bits per heavy atom. The van der Waals surface area contributed by atoms with E-state index in [1.807, 2.05) is 59.6 Å². The first kappa shape index (κ1) is 18.9. The Bertz CT molecular complexity index is 1150. The van der Waals surface area contributed by atoms with Crippen LogP contribution in [-0.4, -0.2) is 38.7 Å². The van der Waals surface area contributed by atoms with Crippen LogP contribution in [0.2, 0.25) is 5.02 Å². The third-order valence-electron chi connectivity index (χ3n) is 5.66. The van der Waals surface area contributed by atoms with E-state index < -0.39 is 6.04 Å². The SMILES string of the molecule is O=C(C(c1ccccc1)n1cccn1)N1CCC(c2nc3cc(Cl)ccc3o2)CC1. The van der Waals surface area contributed by atoms with Crippen molar-refractivity contribution < 1.29 is 9.21 Å². The van der Waals surface area contributed by atoms with E-state index >= 15 is 0 Å². The van der Waals surface area contributed by atoms with Crippen molar-refractivity contribution in [2.75, 3.05) is 13.1 Å². The molecular weight excluding hydrogens is 400 g/mol. The maximum atomic E-state index is 13.4. The molecule has 0 N–H and O–H groups in total. The second-order valence-corrected chi connectivity index (χ2v) is 8.00. The third kappa shape index (κ3) is 3.59. The van der Waals surface area contributed by atoms with Gasteiger partial charge in [-0.25, -0.2) is 4.98 Å². The molecule has 3 heterocycles. The predicted octanol–water partition coefficient (Wildman–Crippen LogP) is 4.67. The Labute approximate surface area is 179 Å². The van der Waals surface area contributed by atoms with Crippen molar-refractivity contribution in [2.24, 2.45) is 0 Å². The lowest BCUT2D eigenvalue weighted by atomic mass is 9.95. The standard InChI is InChI=1S/C23H21ClN4O2/c24-18-7-8-20-19(15-18)26-22(30-20)17-9-13-27(14-10-17)23(29)21(28-12-4-11-25-28)16-5-2-1-3-6-16/h1-8,11-12,15,17,21H,9-10,13-14H2. The average Bonchev–Trinajstić information content (AvgIpc) is 3.44. The first-order valence-corrected chi connectivity index (χ1v) is 10.5. The number of amides is 1. The van der Waals surface area contributed by atoms with Gasteiger partial charge in [-0.3, -0.25) is 9.48 Å². The Kier molecular flexibility index (Phi) is 5.01. The molecule has 1 unspecified atom stereocenters. The molecule has 0 aliphatic carbocycles. The van der Waals surface area contributed by atoms with Gasteiger partial charge in [0.15, 0.2) is 17.5 Å². The number of hydrogen-bond acceptors (Lipinski definition) is 4. The molecule has 1 amide bonds. The Hall–Kier alpha value is -3.12. The minimum absolute atomic E-state index is 0.0627. The molecule has 1 saturated heterocycles. The van der Waals surface area contributed by atoms with Crippen LogP contribution in [0.15, 0.2) is 71.4 Å². The molecule has 30 heavy (non-hydrogen) atoms. The summed E-state index contributed by atoms with van der Waals surface area (Å²) in [5, 5.41) is 4.98. The van der Waals surface area contributed by atoms with Gasteiger partial charge in [-0.05, 0) is 42.7 Å². The molecular formula is C23H21ClN4O2. The topological polar surface area (TPSA) is 64.2 Å². The van der Waals surface area contributed by atoms with Crippen molar-refractivity contribution in [3.05, 3.63) is 83.5 Å². The first-order valence-electron chi connectivity index (χ1n) is 10.1. The van der Waals surface area contributed by atoms with Gasteiger partial charge in [0.25, 0.3) is 5.91 Å². The molecule has 2 aromatic heterocycles. The largest absolute Gasteiger partial charge is 0.440 e. The van der Waals surface area contributed by atoms with Gasteiger partial charge in [-0.15, -0.1) is 0 Å². The maximum absolute atomic E-state index is 13.4. The fraction of sp³-hybridized carbons (Fsp3) is 0.261. The lowest BCUT2D eigenvalue weighted by Crippen LogP contribution is -2.42. The van der Waals surface area contributed by atoms with E-state index in [2.05, 4.69) is 10.1 Å². The van der Waals surface area contributed by atoms with Crippen molar-refractivity contribution in [1.29, 1.82) is 0 Å². The van der Waals surface area contributed by atoms with Crippen LogP contribution in [-0.2, 0) is 4.79 Å². The number of rotatable bonds is 4. The monoisotopic (exact) mass is 420 g/mol. The maximum Gasteiger partial charge on any atom is 0.252 e. The number of carbonyl (C=O) groups is 1. The minimum atomic E-state index is -0.454. The van der Waals surface area contributed by atoms with Gasteiger partial charge >= 0.3 is 0 Å². The zero-order valence-electron chi connectivity index (χ0n) is 16.3. The summed E-state index contributed by atoms with van der Waals surface area (Å²) in [7, 11) is 0. The van der Waals surface area contributed by atoms with E-state index in [9.17, 15) is 4.79 Å². The summed E-state index contributed by atoms with van der Waals surface area (Å²) in [5.41, 5.74) is 2.46. The van der Waals surface area contributed by atoms with Crippen molar-refractivity contribution in [2.45, 2.75) is 24.8 Å². The number of piperidine rings is 1. The zero-order chi connectivity index (χ0) is 20.5. The number of likely N-dealkylation sites (tertiary alicyclic amines) is 1. The second-order valence-electron chi connectivity index (χ2n) is 7.56. The van der Waals surface area contributed by atoms with Crippen molar-refractivity contribution in [1.82, 2.24) is 19.7 Å². The molecule has 7 heteroatoms. The molecule has 0 bridgehead atoms. The number of fused-ring (bicyclic) bond motifs is 1. The van der Waals surface area contributed by atoms with Crippen LogP contribution in [0.3, 0.4) is 0 Å². The number of hydrogen-bond donors (Lipinski definition) is 0. The van der Waals surface area contributed by atoms with Gasteiger partial charge in [0.2, 0.25) is 0 Å². The molecule has 0 saturated carbocycles. The number of benzene rings is 2. The fourth-order valence-electron chi connectivity index (χ4n) is 4.09. The number of nitrogens with zero attached hydrogens (tertiary/aromatic N) is 4. The highest BCUT2D eigenvalue weighted by Gasteiger charge is 2.32. The van der Waals surface area contributed by atoms with E-state index in [1.54, 1.807) is 16.9 Å². The van der Waals surface area contributed by atoms with E-state index in [-0.39, 0.29) is 11.8 Å². The van der Waals surface area contributed by atoms with E-state index in [0.29, 0.717) is 18.1 Å². The van der Waals surface area contributed by atoms with E-state index in [0.717, 1.165) is 35.4 Å². The predicted molar refractivity (Wildman–Crippen MR) is 114 cm³/mol. The Morgan fingerprint density at radius 3 is 2.63 bits per heavy atom. The van der Waals surface area contributed by atoms with Crippen LogP contribution in [0, 0.1) is 0 Å². The molecule has 0 spiro atoms. The summed E-state index contributed by atoms with van der Waals surface area (Å²) in [6.45, 7) is 1.32. The lowest BCUT2D eigenvalue weighted by Gasteiger charge is -2.33. The van der Waals surface area contributed by atoms with Gasteiger partial charge in [-0.2, -0.15) is 5.10 Å². The highest BCUT2D eigenvalue weighted by atomic mass is 35.5. The summed E-state index contributed by atoms with van der Waals surface area (Å²) in [5.74, 6) is 0.985. The van der Waals surface area contributed by atoms with E-state index in [1.165, 1.54) is 0 Å². The average molecular weight is 421 g/mol. The minimum Gasteiger partial charge on any atom is -0.440 e. The van der Waals surface area contributed by atoms with Gasteiger partial charge in [0.1, 0.15) is 5.52 Å². The first-order chi connectivity index (χ1) is 14.7. The third-order valence-corrected chi connectivity index (χ3v) is 5.90. The van der Waals surface area contributed by atoms with Crippen LogP contribution in [0.5, 0.6) is 0 Å². The van der Waals surface area contributed by atoms with Crippen LogP contribution < -0.4 is 0 Å². The number of aromatic nitrogens is 3. The molecule has 5 rings (SSSR count). The quantitative estimate of drug-likeness (QED) is 0.481. The number of oxazole rings is 1. The van der Waals surface area contributed by atoms with Crippen LogP contribution >= 0.6 is 11.6 Å². The Morgan fingerprint density at radius 1 is 1.10 bits per heavy atom. The van der Waals surface area contributed by atoms with Gasteiger partial charge in [0, 0.05) is 36.4 Å². The molecule has 1 atom stereocenters. The molecule has 1 aliphatic rings. The summed E-state index contributed by atoms with van der Waals surface area (Å²) >= 11 is 6.06. The van der Waals surface area contributed by atoms with Crippen LogP contribution in [0.4, 0.5) is 0 Å². The van der Waals surface area contributed by atoms with Gasteiger partial charge < -0.3 is 9.32 Å². The van der Waals surface area contributed by atoms with Crippen molar-refractivity contribution in [3.8, 4) is 0 Å². The second kappa shape index (κ2) is 7.95. The van der Waals surface area contributed by atoms with Crippen LogP contribution in [0.1, 0.15) is 36.3 Å². The number of carbonyl (C=O) groups excluding carboxylic acids is 1. The summed E-state index contributed by atoms with van der Waals surface area (Å²) in [6, 6.07) is 16.7. The summed E-state index contributed by atoms with van der Waals surface area (Å²) in [6.07, 6.45) is 5.17. The van der Waals surface area contributed by atoms with Crippen molar-refractivity contribution in [3.63, 3.8) is 0 Å². The summed E-state index contributed by atoms with van der Waals surface area (Å²) in [4.78, 5) is 20.0. The smallest absolute Gasteiger partial charge is 0.252 e.